The fourth-order valence-corrected chi connectivity index (χ4v) is 3.79. The van der Waals surface area contributed by atoms with Crippen LogP contribution in [0.2, 0.25) is 0 Å². The number of carbonyl (C=O) groups excluding carboxylic acids is 1. The Morgan fingerprint density at radius 3 is 2.61 bits per heavy atom. The van der Waals surface area contributed by atoms with Crippen molar-refractivity contribution >= 4 is 11.6 Å². The van der Waals surface area contributed by atoms with E-state index in [0.717, 1.165) is 31.5 Å². The third-order valence-electron chi connectivity index (χ3n) is 4.99. The Bertz CT molecular complexity index is 749. The second-order valence-corrected chi connectivity index (χ2v) is 6.95. The molecule has 28 heavy (non-hydrogen) atoms. The third-order valence-corrected chi connectivity index (χ3v) is 4.99. The molecule has 1 aliphatic rings. The van der Waals surface area contributed by atoms with Gasteiger partial charge in [-0.05, 0) is 50.9 Å². The summed E-state index contributed by atoms with van der Waals surface area (Å²) in [6.45, 7) is 6.84. The Hall–Kier alpha value is -2.37. The van der Waals surface area contributed by atoms with E-state index >= 15 is 0 Å². The quantitative estimate of drug-likeness (QED) is 0.741. The van der Waals surface area contributed by atoms with Crippen LogP contribution in [0.1, 0.15) is 38.3 Å². The van der Waals surface area contributed by atoms with Crippen molar-refractivity contribution in [3.8, 4) is 5.75 Å². The number of nitrogens with one attached hydrogen (secondary N) is 1. The third kappa shape index (κ3) is 5.12. The summed E-state index contributed by atoms with van der Waals surface area (Å²) in [6.07, 6.45) is 2.24. The summed E-state index contributed by atoms with van der Waals surface area (Å²) in [5, 5.41) is 3.09. The maximum atomic E-state index is 13.4. The van der Waals surface area contributed by atoms with Crippen LogP contribution < -0.4 is 10.1 Å². The molecule has 0 aromatic heterocycles. The molecule has 1 N–H and O–H groups in total. The molecule has 0 saturated carbocycles. The van der Waals surface area contributed by atoms with Crippen molar-refractivity contribution in [3.63, 3.8) is 0 Å². The summed E-state index contributed by atoms with van der Waals surface area (Å²) in [7, 11) is 0. The van der Waals surface area contributed by atoms with Gasteiger partial charge in [0, 0.05) is 13.2 Å². The molecule has 1 amide bonds. The number of para-hydroxylation sites is 2. The number of anilines is 1. The largest absolute Gasteiger partial charge is 0.492 e. The average molecular weight is 383 g/mol. The number of hydrogen-bond donors (Lipinski definition) is 1. The van der Waals surface area contributed by atoms with E-state index in [1.165, 1.54) is 0 Å². The average Bonchev–Trinajstić information content (AvgIpc) is 2.71. The molecule has 0 aliphatic carbocycles. The van der Waals surface area contributed by atoms with Gasteiger partial charge >= 0.3 is 0 Å². The van der Waals surface area contributed by atoms with Gasteiger partial charge in [0.25, 0.3) is 0 Å². The fourth-order valence-electron chi connectivity index (χ4n) is 3.79. The summed E-state index contributed by atoms with van der Waals surface area (Å²) < 4.78 is 11.5. The number of carbonyl (C=O) groups is 1. The van der Waals surface area contributed by atoms with Crippen molar-refractivity contribution in [3.05, 3.63) is 60.2 Å². The SMILES string of the molecule is CCOc1ccccc1NC(=O)C(c1ccccc1)N1CCCC(OCC)C1. The molecular formula is C23H30N2O3. The van der Waals surface area contributed by atoms with Crippen LogP contribution in [0.5, 0.6) is 5.75 Å². The molecule has 2 atom stereocenters. The molecule has 0 radical (unpaired) electrons. The zero-order valence-corrected chi connectivity index (χ0v) is 16.8. The molecule has 5 nitrogen and oxygen atoms in total. The van der Waals surface area contributed by atoms with E-state index in [0.29, 0.717) is 24.7 Å². The van der Waals surface area contributed by atoms with Gasteiger partial charge in [0.2, 0.25) is 5.91 Å². The number of amides is 1. The fraction of sp³-hybridized carbons (Fsp3) is 0.435. The molecule has 2 aromatic rings. The minimum atomic E-state index is -0.362. The lowest BCUT2D eigenvalue weighted by Gasteiger charge is -2.37. The summed E-state index contributed by atoms with van der Waals surface area (Å²) >= 11 is 0. The van der Waals surface area contributed by atoms with Gasteiger partial charge in [-0.15, -0.1) is 0 Å². The lowest BCUT2D eigenvalue weighted by atomic mass is 9.99. The van der Waals surface area contributed by atoms with Crippen LogP contribution in [0.3, 0.4) is 0 Å². The van der Waals surface area contributed by atoms with Crippen molar-refractivity contribution in [1.82, 2.24) is 4.90 Å². The number of hydrogen-bond acceptors (Lipinski definition) is 4. The van der Waals surface area contributed by atoms with Crippen molar-refractivity contribution in [1.29, 1.82) is 0 Å². The smallest absolute Gasteiger partial charge is 0.246 e. The first-order valence-electron chi connectivity index (χ1n) is 10.2. The van der Waals surface area contributed by atoms with Crippen LogP contribution in [0.25, 0.3) is 0 Å². The number of ether oxygens (including phenoxy) is 2. The van der Waals surface area contributed by atoms with E-state index < -0.39 is 0 Å². The van der Waals surface area contributed by atoms with Gasteiger partial charge < -0.3 is 14.8 Å². The first kappa shape index (κ1) is 20.4. The van der Waals surface area contributed by atoms with Crippen LogP contribution in [-0.2, 0) is 9.53 Å². The molecule has 1 aliphatic heterocycles. The Morgan fingerprint density at radius 2 is 1.86 bits per heavy atom. The summed E-state index contributed by atoms with van der Waals surface area (Å²) in [6, 6.07) is 17.2. The zero-order chi connectivity index (χ0) is 19.8. The normalized spacial score (nSPS) is 18.4. The zero-order valence-electron chi connectivity index (χ0n) is 16.8. The Kier molecular flexibility index (Phi) is 7.46. The van der Waals surface area contributed by atoms with E-state index in [1.54, 1.807) is 0 Å². The Balaban J connectivity index is 1.84. The minimum Gasteiger partial charge on any atom is -0.492 e. The van der Waals surface area contributed by atoms with Crippen LogP contribution in [0.15, 0.2) is 54.6 Å². The van der Waals surface area contributed by atoms with E-state index in [1.807, 2.05) is 68.4 Å². The van der Waals surface area contributed by atoms with E-state index in [4.69, 9.17) is 9.47 Å². The van der Waals surface area contributed by atoms with Crippen molar-refractivity contribution < 1.29 is 14.3 Å². The predicted octanol–water partition coefficient (Wildman–Crippen LogP) is 4.27. The van der Waals surface area contributed by atoms with Crippen LogP contribution in [0, 0.1) is 0 Å². The topological polar surface area (TPSA) is 50.8 Å². The highest BCUT2D eigenvalue weighted by Crippen LogP contribution is 2.30. The van der Waals surface area contributed by atoms with Crippen molar-refractivity contribution in [2.45, 2.75) is 38.8 Å². The molecule has 5 heteroatoms. The van der Waals surface area contributed by atoms with E-state index in [2.05, 4.69) is 10.2 Å². The number of likely N-dealkylation sites (tertiary alicyclic amines) is 1. The maximum absolute atomic E-state index is 13.4. The highest BCUT2D eigenvalue weighted by Gasteiger charge is 2.32. The molecule has 1 fully saturated rings. The lowest BCUT2D eigenvalue weighted by Crippen LogP contribution is -2.45. The molecule has 2 aromatic carbocycles. The summed E-state index contributed by atoms with van der Waals surface area (Å²) in [4.78, 5) is 15.6. The second kappa shape index (κ2) is 10.2. The molecule has 2 unspecified atom stereocenters. The Morgan fingerprint density at radius 1 is 1.11 bits per heavy atom. The first-order valence-corrected chi connectivity index (χ1v) is 10.2. The van der Waals surface area contributed by atoms with Crippen LogP contribution >= 0.6 is 0 Å². The predicted molar refractivity (Wildman–Crippen MR) is 112 cm³/mol. The standard InChI is InChI=1S/C23H30N2O3/c1-3-27-19-13-10-16-25(17-19)22(18-11-6-5-7-12-18)23(26)24-20-14-8-9-15-21(20)28-4-2/h5-9,11-12,14-15,19,22H,3-4,10,13,16-17H2,1-2H3,(H,24,26). The van der Waals surface area contributed by atoms with Gasteiger partial charge in [-0.1, -0.05) is 42.5 Å². The van der Waals surface area contributed by atoms with Gasteiger partial charge in [-0.25, -0.2) is 0 Å². The van der Waals surface area contributed by atoms with Gasteiger partial charge in [0.15, 0.2) is 0 Å². The van der Waals surface area contributed by atoms with Gasteiger partial charge in [-0.2, -0.15) is 0 Å². The van der Waals surface area contributed by atoms with Gasteiger partial charge in [0.1, 0.15) is 11.8 Å². The van der Waals surface area contributed by atoms with Crippen LogP contribution in [0.4, 0.5) is 5.69 Å². The molecule has 0 spiro atoms. The molecule has 150 valence electrons. The molecule has 1 saturated heterocycles. The van der Waals surface area contributed by atoms with Gasteiger partial charge in [0.05, 0.1) is 18.4 Å². The number of piperidine rings is 1. The van der Waals surface area contributed by atoms with Gasteiger partial charge in [-0.3, -0.25) is 9.69 Å². The summed E-state index contributed by atoms with van der Waals surface area (Å²) in [5.41, 5.74) is 1.69. The molecule has 1 heterocycles. The van der Waals surface area contributed by atoms with E-state index in [-0.39, 0.29) is 18.1 Å². The first-order chi connectivity index (χ1) is 13.7. The highest BCUT2D eigenvalue weighted by molar-refractivity contribution is 5.96. The lowest BCUT2D eigenvalue weighted by molar-refractivity contribution is -0.123. The molecule has 3 rings (SSSR count). The molecule has 0 bridgehead atoms. The number of rotatable bonds is 8. The number of nitrogens with zero attached hydrogens (tertiary/aromatic N) is 1. The highest BCUT2D eigenvalue weighted by atomic mass is 16.5. The second-order valence-electron chi connectivity index (χ2n) is 6.95. The van der Waals surface area contributed by atoms with Crippen LogP contribution in [-0.4, -0.2) is 43.2 Å². The minimum absolute atomic E-state index is 0.0458. The molecular weight excluding hydrogens is 352 g/mol. The Labute approximate surface area is 167 Å². The maximum Gasteiger partial charge on any atom is 0.246 e. The monoisotopic (exact) mass is 382 g/mol. The van der Waals surface area contributed by atoms with Crippen molar-refractivity contribution in [2.24, 2.45) is 0 Å². The van der Waals surface area contributed by atoms with E-state index in [9.17, 15) is 4.79 Å². The number of benzene rings is 2. The van der Waals surface area contributed by atoms with Crippen molar-refractivity contribution in [2.75, 3.05) is 31.6 Å². The summed E-state index contributed by atoms with van der Waals surface area (Å²) in [5.74, 6) is 0.645.